The normalized spacial score (nSPS) is 21.0. The molecule has 1 rings (SSSR count). The van der Waals surface area contributed by atoms with Crippen LogP contribution >= 0.6 is 0 Å². The van der Waals surface area contributed by atoms with Crippen molar-refractivity contribution in [3.63, 3.8) is 0 Å². The van der Waals surface area contributed by atoms with Crippen molar-refractivity contribution in [1.82, 2.24) is 9.80 Å². The van der Waals surface area contributed by atoms with Crippen LogP contribution in [0.25, 0.3) is 0 Å². The van der Waals surface area contributed by atoms with Gasteiger partial charge in [-0.2, -0.15) is 0 Å². The molecule has 1 saturated heterocycles. The fraction of sp³-hybridized carbons (Fsp3) is 1.00. The standard InChI is InChI=1S/C9H20N2.CH4/c1-10(2)8-9-4-6-11(3)7-5-9;/h9H,4-8H2,1-3H3;1H4. The van der Waals surface area contributed by atoms with E-state index in [-0.39, 0.29) is 7.43 Å². The molecule has 12 heavy (non-hydrogen) atoms. The minimum Gasteiger partial charge on any atom is -0.309 e. The zero-order valence-corrected chi connectivity index (χ0v) is 8.01. The maximum absolute atomic E-state index is 2.42. The lowest BCUT2D eigenvalue weighted by atomic mass is 9.97. The SMILES string of the molecule is C.CN(C)CC1CCN(C)CC1. The topological polar surface area (TPSA) is 6.48 Å². The Kier molecular flexibility index (Phi) is 5.51. The Balaban J connectivity index is 0.00000121. The molecule has 0 radical (unpaired) electrons. The highest BCUT2D eigenvalue weighted by molar-refractivity contribution is 4.71. The van der Waals surface area contributed by atoms with E-state index in [1.807, 2.05) is 0 Å². The molecule has 1 aliphatic heterocycles. The lowest BCUT2D eigenvalue weighted by molar-refractivity contribution is 0.188. The van der Waals surface area contributed by atoms with Gasteiger partial charge in [-0.1, -0.05) is 7.43 Å². The molecule has 0 aromatic rings. The van der Waals surface area contributed by atoms with E-state index in [0.717, 1.165) is 5.92 Å². The zero-order chi connectivity index (χ0) is 8.27. The van der Waals surface area contributed by atoms with E-state index in [2.05, 4.69) is 30.9 Å². The maximum Gasteiger partial charge on any atom is 0.000451 e. The highest BCUT2D eigenvalue weighted by Crippen LogP contribution is 2.15. The molecular formula is C10H24N2. The first-order valence-electron chi connectivity index (χ1n) is 4.52. The van der Waals surface area contributed by atoms with E-state index in [9.17, 15) is 0 Å². The summed E-state index contributed by atoms with van der Waals surface area (Å²) >= 11 is 0. The van der Waals surface area contributed by atoms with Gasteiger partial charge in [0, 0.05) is 6.54 Å². The molecule has 0 aromatic heterocycles. The Hall–Kier alpha value is -0.0800. The molecule has 1 aliphatic rings. The third kappa shape index (κ3) is 4.07. The second kappa shape index (κ2) is 5.55. The van der Waals surface area contributed by atoms with Crippen LogP contribution in [0.3, 0.4) is 0 Å². The van der Waals surface area contributed by atoms with Crippen LogP contribution in [0.5, 0.6) is 0 Å². The van der Waals surface area contributed by atoms with Crippen LogP contribution in [-0.2, 0) is 0 Å². The molecule has 2 heteroatoms. The van der Waals surface area contributed by atoms with Crippen molar-refractivity contribution in [3.05, 3.63) is 0 Å². The van der Waals surface area contributed by atoms with Crippen LogP contribution in [0.1, 0.15) is 20.3 Å². The Bertz CT molecular complexity index is 104. The Morgan fingerprint density at radius 3 is 2.17 bits per heavy atom. The van der Waals surface area contributed by atoms with Crippen molar-refractivity contribution in [1.29, 1.82) is 0 Å². The summed E-state index contributed by atoms with van der Waals surface area (Å²) in [6.45, 7) is 3.85. The molecule has 0 saturated carbocycles. The molecule has 0 unspecified atom stereocenters. The van der Waals surface area contributed by atoms with Gasteiger partial charge in [0.2, 0.25) is 0 Å². The van der Waals surface area contributed by atoms with Crippen molar-refractivity contribution in [2.45, 2.75) is 20.3 Å². The van der Waals surface area contributed by atoms with Gasteiger partial charge in [-0.15, -0.1) is 0 Å². The van der Waals surface area contributed by atoms with Gasteiger partial charge < -0.3 is 9.80 Å². The first-order valence-corrected chi connectivity index (χ1v) is 4.52. The van der Waals surface area contributed by atoms with Gasteiger partial charge in [0.25, 0.3) is 0 Å². The van der Waals surface area contributed by atoms with Crippen LogP contribution in [0.15, 0.2) is 0 Å². The van der Waals surface area contributed by atoms with Crippen molar-refractivity contribution in [3.8, 4) is 0 Å². The fourth-order valence-corrected chi connectivity index (χ4v) is 1.76. The minimum absolute atomic E-state index is 0. The Labute approximate surface area is 77.5 Å². The Morgan fingerprint density at radius 2 is 1.75 bits per heavy atom. The van der Waals surface area contributed by atoms with Gasteiger partial charge in [0.15, 0.2) is 0 Å². The third-order valence-electron chi connectivity index (χ3n) is 2.46. The van der Waals surface area contributed by atoms with Gasteiger partial charge in [0.05, 0.1) is 0 Å². The van der Waals surface area contributed by atoms with E-state index in [1.165, 1.54) is 32.5 Å². The van der Waals surface area contributed by atoms with E-state index < -0.39 is 0 Å². The molecule has 0 amide bonds. The summed E-state index contributed by atoms with van der Waals surface area (Å²) in [5.74, 6) is 0.946. The first-order chi connectivity index (χ1) is 5.18. The van der Waals surface area contributed by atoms with E-state index in [1.54, 1.807) is 0 Å². The van der Waals surface area contributed by atoms with Crippen LogP contribution < -0.4 is 0 Å². The number of rotatable bonds is 2. The summed E-state index contributed by atoms with van der Waals surface area (Å²) < 4.78 is 0. The molecule has 74 valence electrons. The number of hydrogen-bond donors (Lipinski definition) is 0. The molecule has 2 nitrogen and oxygen atoms in total. The van der Waals surface area contributed by atoms with Crippen molar-refractivity contribution in [2.75, 3.05) is 40.8 Å². The second-order valence-electron chi connectivity index (χ2n) is 4.01. The second-order valence-corrected chi connectivity index (χ2v) is 4.01. The van der Waals surface area contributed by atoms with Crippen LogP contribution in [0, 0.1) is 5.92 Å². The van der Waals surface area contributed by atoms with Crippen LogP contribution in [-0.4, -0.2) is 50.6 Å². The monoisotopic (exact) mass is 172 g/mol. The summed E-state index contributed by atoms with van der Waals surface area (Å²) in [7, 11) is 6.54. The van der Waals surface area contributed by atoms with Gasteiger partial charge >= 0.3 is 0 Å². The summed E-state index contributed by atoms with van der Waals surface area (Å²) in [6.07, 6.45) is 2.77. The lowest BCUT2D eigenvalue weighted by Crippen LogP contribution is -2.34. The van der Waals surface area contributed by atoms with Crippen molar-refractivity contribution >= 4 is 0 Å². The maximum atomic E-state index is 2.42. The number of nitrogens with zero attached hydrogens (tertiary/aromatic N) is 2. The van der Waals surface area contributed by atoms with Gasteiger partial charge in [-0.25, -0.2) is 0 Å². The molecule has 0 aliphatic carbocycles. The molecule has 1 fully saturated rings. The van der Waals surface area contributed by atoms with Crippen molar-refractivity contribution < 1.29 is 0 Å². The van der Waals surface area contributed by atoms with E-state index >= 15 is 0 Å². The molecule has 0 aromatic carbocycles. The van der Waals surface area contributed by atoms with Gasteiger partial charge in [-0.05, 0) is 53.0 Å². The average Bonchev–Trinajstić information content (AvgIpc) is 1.93. The number of likely N-dealkylation sites (tertiary alicyclic amines) is 1. The lowest BCUT2D eigenvalue weighted by Gasteiger charge is -2.30. The smallest absolute Gasteiger partial charge is 0.000451 e. The molecule has 0 atom stereocenters. The van der Waals surface area contributed by atoms with Crippen LogP contribution in [0.2, 0.25) is 0 Å². The molecule has 0 N–H and O–H groups in total. The number of piperidine rings is 1. The third-order valence-corrected chi connectivity index (χ3v) is 2.46. The molecule has 1 heterocycles. The summed E-state index contributed by atoms with van der Waals surface area (Å²) in [6, 6.07) is 0. The highest BCUT2D eigenvalue weighted by atomic mass is 15.1. The average molecular weight is 172 g/mol. The minimum atomic E-state index is 0. The first kappa shape index (κ1) is 11.9. The summed E-state index contributed by atoms with van der Waals surface area (Å²) in [5.41, 5.74) is 0. The summed E-state index contributed by atoms with van der Waals surface area (Å²) in [5, 5.41) is 0. The van der Waals surface area contributed by atoms with E-state index in [0.29, 0.717) is 0 Å². The predicted octanol–water partition coefficient (Wildman–Crippen LogP) is 1.53. The van der Waals surface area contributed by atoms with Gasteiger partial charge in [-0.3, -0.25) is 0 Å². The number of hydrogen-bond acceptors (Lipinski definition) is 2. The highest BCUT2D eigenvalue weighted by Gasteiger charge is 2.16. The van der Waals surface area contributed by atoms with E-state index in [4.69, 9.17) is 0 Å². The molecule has 0 bridgehead atoms. The summed E-state index contributed by atoms with van der Waals surface area (Å²) in [4.78, 5) is 4.72. The molecule has 0 spiro atoms. The van der Waals surface area contributed by atoms with Gasteiger partial charge in [0.1, 0.15) is 0 Å². The largest absolute Gasteiger partial charge is 0.309 e. The predicted molar refractivity (Wildman–Crippen MR) is 55.5 cm³/mol. The Morgan fingerprint density at radius 1 is 1.25 bits per heavy atom. The fourth-order valence-electron chi connectivity index (χ4n) is 1.76. The zero-order valence-electron chi connectivity index (χ0n) is 8.01. The molecular weight excluding hydrogens is 148 g/mol. The quantitative estimate of drug-likeness (QED) is 0.623. The van der Waals surface area contributed by atoms with Crippen LogP contribution in [0.4, 0.5) is 0 Å². The van der Waals surface area contributed by atoms with Crippen molar-refractivity contribution in [2.24, 2.45) is 5.92 Å².